The van der Waals surface area contributed by atoms with Crippen LogP contribution >= 0.6 is 24.0 Å². The van der Waals surface area contributed by atoms with Gasteiger partial charge in [0, 0.05) is 50.1 Å². The Morgan fingerprint density at radius 2 is 1.89 bits per heavy atom. The first-order chi connectivity index (χ1) is 12.9. The monoisotopic (exact) mass is 502 g/mol. The third kappa shape index (κ3) is 4.76. The molecule has 0 atom stereocenters. The number of carbonyl (C=O) groups excluding carboxylic acids is 1. The Hall–Kier alpha value is -1.84. The number of fused-ring (bicyclic) bond motifs is 1. The molecule has 2 aromatic rings. The highest BCUT2D eigenvalue weighted by Gasteiger charge is 2.24. The quantitative estimate of drug-likeness (QED) is 0.398. The summed E-state index contributed by atoms with van der Waals surface area (Å²) in [7, 11) is 1.74. The average molecular weight is 502 g/mol. The SMILES string of the molecule is CN=C(NCc1oc2ccc(F)cc2c1C)N1CCN(C(=O)C(C)C)CC1.I. The van der Waals surface area contributed by atoms with Crippen molar-refractivity contribution < 1.29 is 13.6 Å². The minimum atomic E-state index is -0.268. The number of rotatable bonds is 3. The smallest absolute Gasteiger partial charge is 0.225 e. The lowest BCUT2D eigenvalue weighted by molar-refractivity contribution is -0.135. The molecule has 1 aliphatic rings. The van der Waals surface area contributed by atoms with Crippen LogP contribution in [0, 0.1) is 18.7 Å². The first-order valence-corrected chi connectivity index (χ1v) is 9.32. The van der Waals surface area contributed by atoms with Gasteiger partial charge in [-0.1, -0.05) is 13.8 Å². The molecule has 1 amide bonds. The van der Waals surface area contributed by atoms with Crippen molar-refractivity contribution in [2.75, 3.05) is 33.2 Å². The van der Waals surface area contributed by atoms with E-state index in [0.717, 1.165) is 35.8 Å². The molecule has 154 valence electrons. The van der Waals surface area contributed by atoms with Crippen molar-refractivity contribution in [1.82, 2.24) is 15.1 Å². The van der Waals surface area contributed by atoms with E-state index in [1.165, 1.54) is 12.1 Å². The zero-order chi connectivity index (χ0) is 19.6. The molecule has 2 heterocycles. The molecule has 1 saturated heterocycles. The summed E-state index contributed by atoms with van der Waals surface area (Å²) in [5, 5.41) is 4.12. The first-order valence-electron chi connectivity index (χ1n) is 9.32. The Labute approximate surface area is 182 Å². The number of aliphatic imine (C=N–C) groups is 1. The summed E-state index contributed by atoms with van der Waals surface area (Å²) in [5.74, 6) is 1.50. The highest BCUT2D eigenvalue weighted by Crippen LogP contribution is 2.25. The second-order valence-electron chi connectivity index (χ2n) is 7.16. The second kappa shape index (κ2) is 9.58. The standard InChI is InChI=1S/C20H27FN4O2.HI/c1-13(2)19(26)24-7-9-25(10-8-24)20(22-4)23-12-18-14(3)16-11-15(21)5-6-17(16)27-18;/h5-6,11,13H,7-10,12H2,1-4H3,(H,22,23);1H. The van der Waals surface area contributed by atoms with Crippen molar-refractivity contribution in [1.29, 1.82) is 0 Å². The van der Waals surface area contributed by atoms with Gasteiger partial charge in [-0.3, -0.25) is 9.79 Å². The maximum absolute atomic E-state index is 13.5. The Kier molecular flexibility index (Phi) is 7.68. The highest BCUT2D eigenvalue weighted by molar-refractivity contribution is 14.0. The number of furan rings is 1. The number of benzene rings is 1. The van der Waals surface area contributed by atoms with Crippen LogP contribution in [0.15, 0.2) is 27.6 Å². The molecule has 28 heavy (non-hydrogen) atoms. The first kappa shape index (κ1) is 22.4. The third-order valence-corrected chi connectivity index (χ3v) is 5.00. The number of piperazine rings is 1. The molecular weight excluding hydrogens is 474 g/mol. The minimum absolute atomic E-state index is 0. The maximum atomic E-state index is 13.5. The summed E-state index contributed by atoms with van der Waals surface area (Å²) in [6.07, 6.45) is 0. The zero-order valence-corrected chi connectivity index (χ0v) is 19.1. The minimum Gasteiger partial charge on any atom is -0.459 e. The number of halogens is 2. The van der Waals surface area contributed by atoms with Gasteiger partial charge in [-0.25, -0.2) is 4.39 Å². The van der Waals surface area contributed by atoms with Crippen molar-refractivity contribution in [3.05, 3.63) is 35.3 Å². The van der Waals surface area contributed by atoms with Gasteiger partial charge in [0.25, 0.3) is 0 Å². The summed E-state index contributed by atoms with van der Waals surface area (Å²) in [6.45, 7) is 9.13. The Bertz CT molecular complexity index is 857. The molecular formula is C20H28FIN4O2. The van der Waals surface area contributed by atoms with Gasteiger partial charge in [0.1, 0.15) is 17.2 Å². The second-order valence-corrected chi connectivity index (χ2v) is 7.16. The molecule has 8 heteroatoms. The van der Waals surface area contributed by atoms with Gasteiger partial charge in [-0.2, -0.15) is 0 Å². The van der Waals surface area contributed by atoms with Crippen molar-refractivity contribution in [2.45, 2.75) is 27.3 Å². The molecule has 0 spiro atoms. The van der Waals surface area contributed by atoms with E-state index in [0.29, 0.717) is 25.2 Å². The largest absolute Gasteiger partial charge is 0.459 e. The van der Waals surface area contributed by atoms with Crippen LogP contribution in [-0.4, -0.2) is 54.9 Å². The van der Waals surface area contributed by atoms with Crippen molar-refractivity contribution >= 4 is 46.8 Å². The average Bonchev–Trinajstić information content (AvgIpc) is 2.97. The van der Waals surface area contributed by atoms with Crippen LogP contribution in [0.3, 0.4) is 0 Å². The molecule has 0 saturated carbocycles. The molecule has 0 aliphatic carbocycles. The number of aryl methyl sites for hydroxylation is 1. The lowest BCUT2D eigenvalue weighted by Gasteiger charge is -2.37. The van der Waals surface area contributed by atoms with Crippen LogP contribution in [0.1, 0.15) is 25.2 Å². The Morgan fingerprint density at radius 1 is 1.25 bits per heavy atom. The molecule has 1 aliphatic heterocycles. The van der Waals surface area contributed by atoms with Gasteiger partial charge in [-0.15, -0.1) is 24.0 Å². The van der Waals surface area contributed by atoms with Crippen LogP contribution < -0.4 is 5.32 Å². The van der Waals surface area contributed by atoms with E-state index in [-0.39, 0.29) is 41.6 Å². The van der Waals surface area contributed by atoms with Gasteiger partial charge in [0.15, 0.2) is 5.96 Å². The Morgan fingerprint density at radius 3 is 2.50 bits per heavy atom. The molecule has 0 unspecified atom stereocenters. The number of carbonyl (C=O) groups is 1. The van der Waals surface area contributed by atoms with Gasteiger partial charge < -0.3 is 19.5 Å². The number of amides is 1. The van der Waals surface area contributed by atoms with E-state index in [2.05, 4.69) is 15.2 Å². The fourth-order valence-corrected chi connectivity index (χ4v) is 3.41. The predicted octanol–water partition coefficient (Wildman–Crippen LogP) is 3.37. The number of nitrogens with zero attached hydrogens (tertiary/aromatic N) is 3. The summed E-state index contributed by atoms with van der Waals surface area (Å²) in [4.78, 5) is 20.5. The van der Waals surface area contributed by atoms with E-state index < -0.39 is 0 Å². The summed E-state index contributed by atoms with van der Waals surface area (Å²) in [5.41, 5.74) is 1.61. The molecule has 1 fully saturated rings. The van der Waals surface area contributed by atoms with E-state index in [1.807, 2.05) is 25.7 Å². The summed E-state index contributed by atoms with van der Waals surface area (Å²) in [6, 6.07) is 4.55. The van der Waals surface area contributed by atoms with Crippen LogP contribution in [0.2, 0.25) is 0 Å². The fourth-order valence-electron chi connectivity index (χ4n) is 3.41. The van der Waals surface area contributed by atoms with Crippen molar-refractivity contribution in [2.24, 2.45) is 10.9 Å². The summed E-state index contributed by atoms with van der Waals surface area (Å²) >= 11 is 0. The van der Waals surface area contributed by atoms with E-state index >= 15 is 0 Å². The number of nitrogens with one attached hydrogen (secondary N) is 1. The number of hydrogen-bond donors (Lipinski definition) is 1. The molecule has 1 aromatic carbocycles. The lowest BCUT2D eigenvalue weighted by Crippen LogP contribution is -2.54. The molecule has 0 bridgehead atoms. The van der Waals surface area contributed by atoms with Crippen LogP contribution in [0.4, 0.5) is 4.39 Å². The van der Waals surface area contributed by atoms with Crippen molar-refractivity contribution in [3.63, 3.8) is 0 Å². The van der Waals surface area contributed by atoms with Gasteiger partial charge >= 0.3 is 0 Å². The van der Waals surface area contributed by atoms with E-state index in [4.69, 9.17) is 4.42 Å². The van der Waals surface area contributed by atoms with Gasteiger partial charge in [0.05, 0.1) is 6.54 Å². The van der Waals surface area contributed by atoms with Crippen LogP contribution in [0.5, 0.6) is 0 Å². The van der Waals surface area contributed by atoms with Crippen molar-refractivity contribution in [3.8, 4) is 0 Å². The molecule has 6 nitrogen and oxygen atoms in total. The van der Waals surface area contributed by atoms with E-state index in [9.17, 15) is 9.18 Å². The third-order valence-electron chi connectivity index (χ3n) is 5.00. The Balaban J connectivity index is 0.00000280. The topological polar surface area (TPSA) is 61.1 Å². The van der Waals surface area contributed by atoms with Crippen LogP contribution in [-0.2, 0) is 11.3 Å². The molecule has 3 rings (SSSR count). The number of guanidine groups is 1. The molecule has 1 N–H and O–H groups in total. The predicted molar refractivity (Wildman–Crippen MR) is 120 cm³/mol. The fraction of sp³-hybridized carbons (Fsp3) is 0.500. The number of hydrogen-bond acceptors (Lipinski definition) is 3. The molecule has 1 aromatic heterocycles. The van der Waals surface area contributed by atoms with E-state index in [1.54, 1.807) is 13.1 Å². The highest BCUT2D eigenvalue weighted by atomic mass is 127. The summed E-state index contributed by atoms with van der Waals surface area (Å²) < 4.78 is 19.3. The van der Waals surface area contributed by atoms with Gasteiger partial charge in [-0.05, 0) is 25.1 Å². The zero-order valence-electron chi connectivity index (χ0n) is 16.8. The lowest BCUT2D eigenvalue weighted by atomic mass is 10.1. The van der Waals surface area contributed by atoms with Crippen LogP contribution in [0.25, 0.3) is 11.0 Å². The van der Waals surface area contributed by atoms with Gasteiger partial charge in [0.2, 0.25) is 5.91 Å². The maximum Gasteiger partial charge on any atom is 0.225 e. The molecule has 0 radical (unpaired) electrons. The normalized spacial score (nSPS) is 15.1.